The molecule has 1 aromatic carbocycles. The van der Waals surface area contributed by atoms with E-state index in [0.717, 1.165) is 25.0 Å². The standard InChI is InChI=1S/C15H16ClFN2O3/c16-11-1-10(2-12(17)3-11)13(20)18-6-9-4-15(5-9)7-19(8-15)14(21)22/h1-3,9H,4-8H2,(H,18,20)(H,21,22). The Kier molecular flexibility index (Phi) is 3.72. The van der Waals surface area contributed by atoms with E-state index >= 15 is 0 Å². The van der Waals surface area contributed by atoms with E-state index in [1.165, 1.54) is 11.0 Å². The first-order valence-corrected chi connectivity index (χ1v) is 7.47. The second kappa shape index (κ2) is 5.43. The smallest absolute Gasteiger partial charge is 0.407 e. The van der Waals surface area contributed by atoms with Gasteiger partial charge in [-0.25, -0.2) is 9.18 Å². The first-order valence-electron chi connectivity index (χ1n) is 7.09. The van der Waals surface area contributed by atoms with Gasteiger partial charge in [-0.2, -0.15) is 0 Å². The topological polar surface area (TPSA) is 69.6 Å². The van der Waals surface area contributed by atoms with Crippen molar-refractivity contribution in [2.45, 2.75) is 12.8 Å². The lowest BCUT2D eigenvalue weighted by Crippen LogP contribution is -2.64. The Balaban J connectivity index is 1.45. The highest BCUT2D eigenvalue weighted by Gasteiger charge is 2.53. The Bertz CT molecular complexity index is 603. The van der Waals surface area contributed by atoms with Crippen molar-refractivity contribution in [3.8, 4) is 0 Å². The number of nitrogens with one attached hydrogen (secondary N) is 1. The Morgan fingerprint density at radius 2 is 2.05 bits per heavy atom. The lowest BCUT2D eigenvalue weighted by atomic mass is 9.58. The maximum Gasteiger partial charge on any atom is 0.407 e. The summed E-state index contributed by atoms with van der Waals surface area (Å²) in [5.74, 6) is -0.532. The van der Waals surface area contributed by atoms with Crippen molar-refractivity contribution in [1.82, 2.24) is 10.2 Å². The predicted octanol–water partition coefficient (Wildman–Crippen LogP) is 2.60. The van der Waals surface area contributed by atoms with Gasteiger partial charge < -0.3 is 15.3 Å². The van der Waals surface area contributed by atoms with Gasteiger partial charge >= 0.3 is 6.09 Å². The molecule has 3 rings (SSSR count). The van der Waals surface area contributed by atoms with Crippen LogP contribution in [0.15, 0.2) is 18.2 Å². The van der Waals surface area contributed by atoms with E-state index in [4.69, 9.17) is 16.7 Å². The number of rotatable bonds is 3. The number of hydrogen-bond donors (Lipinski definition) is 2. The molecule has 22 heavy (non-hydrogen) atoms. The van der Waals surface area contributed by atoms with Crippen molar-refractivity contribution < 1.29 is 19.1 Å². The van der Waals surface area contributed by atoms with Crippen molar-refractivity contribution in [3.05, 3.63) is 34.6 Å². The lowest BCUT2D eigenvalue weighted by Gasteiger charge is -2.58. The Morgan fingerprint density at radius 1 is 1.36 bits per heavy atom. The molecule has 0 radical (unpaired) electrons. The van der Waals surface area contributed by atoms with E-state index in [2.05, 4.69) is 5.32 Å². The maximum absolute atomic E-state index is 13.2. The summed E-state index contributed by atoms with van der Waals surface area (Å²) in [7, 11) is 0. The third-order valence-electron chi connectivity index (χ3n) is 4.44. The van der Waals surface area contributed by atoms with Gasteiger partial charge in [0.2, 0.25) is 0 Å². The molecule has 1 heterocycles. The highest BCUT2D eigenvalue weighted by molar-refractivity contribution is 6.31. The second-order valence-corrected chi connectivity index (χ2v) is 6.72. The molecule has 0 unspecified atom stereocenters. The van der Waals surface area contributed by atoms with Crippen LogP contribution in [0, 0.1) is 17.2 Å². The number of carboxylic acid groups (broad SMARTS) is 1. The normalized spacial score (nSPS) is 19.5. The molecule has 1 aliphatic heterocycles. The van der Waals surface area contributed by atoms with Gasteiger partial charge in [-0.1, -0.05) is 11.6 Å². The van der Waals surface area contributed by atoms with Crippen LogP contribution in [0.2, 0.25) is 5.02 Å². The summed E-state index contributed by atoms with van der Waals surface area (Å²) in [5.41, 5.74) is 0.329. The average molecular weight is 327 g/mol. The predicted molar refractivity (Wildman–Crippen MR) is 78.5 cm³/mol. The third-order valence-corrected chi connectivity index (χ3v) is 4.66. The molecule has 1 spiro atoms. The summed E-state index contributed by atoms with van der Waals surface area (Å²) in [6, 6.07) is 3.73. The largest absolute Gasteiger partial charge is 0.465 e. The number of hydrogen-bond acceptors (Lipinski definition) is 2. The molecule has 2 amide bonds. The SMILES string of the molecule is O=C(NCC1CC2(C1)CN(C(=O)O)C2)c1cc(F)cc(Cl)c1. The molecule has 1 saturated carbocycles. The minimum absolute atomic E-state index is 0.121. The van der Waals surface area contributed by atoms with E-state index < -0.39 is 11.9 Å². The van der Waals surface area contributed by atoms with Crippen LogP contribution in [0.25, 0.3) is 0 Å². The number of amides is 2. The van der Waals surface area contributed by atoms with Crippen LogP contribution in [0.1, 0.15) is 23.2 Å². The third kappa shape index (κ3) is 2.88. The van der Waals surface area contributed by atoms with Gasteiger partial charge in [0, 0.05) is 35.6 Å². The van der Waals surface area contributed by atoms with Crippen LogP contribution in [0.5, 0.6) is 0 Å². The molecule has 118 valence electrons. The maximum atomic E-state index is 13.2. The van der Waals surface area contributed by atoms with Gasteiger partial charge in [0.25, 0.3) is 5.91 Å². The molecule has 0 atom stereocenters. The monoisotopic (exact) mass is 326 g/mol. The van der Waals surface area contributed by atoms with Crippen LogP contribution < -0.4 is 5.32 Å². The number of carbonyl (C=O) groups excluding carboxylic acids is 1. The molecule has 7 heteroatoms. The summed E-state index contributed by atoms with van der Waals surface area (Å²) in [4.78, 5) is 24.1. The zero-order chi connectivity index (χ0) is 15.9. The number of carbonyl (C=O) groups is 2. The van der Waals surface area contributed by atoms with Crippen LogP contribution in [0.4, 0.5) is 9.18 Å². The molecule has 0 bridgehead atoms. The number of nitrogens with zero attached hydrogens (tertiary/aromatic N) is 1. The first-order chi connectivity index (χ1) is 10.4. The summed E-state index contributed by atoms with van der Waals surface area (Å²) in [5, 5.41) is 11.8. The minimum Gasteiger partial charge on any atom is -0.465 e. The van der Waals surface area contributed by atoms with Gasteiger partial charge in [0.15, 0.2) is 0 Å². The Morgan fingerprint density at radius 3 is 2.64 bits per heavy atom. The Labute approximate surface area is 132 Å². The van der Waals surface area contributed by atoms with E-state index in [9.17, 15) is 14.0 Å². The number of halogens is 2. The second-order valence-electron chi connectivity index (χ2n) is 6.28. The zero-order valence-corrected chi connectivity index (χ0v) is 12.6. The van der Waals surface area contributed by atoms with E-state index in [1.54, 1.807) is 0 Å². The summed E-state index contributed by atoms with van der Waals surface area (Å²) in [6.45, 7) is 1.69. The molecular weight excluding hydrogens is 311 g/mol. The minimum atomic E-state index is -0.870. The summed E-state index contributed by atoms with van der Waals surface area (Å²) < 4.78 is 13.2. The van der Waals surface area contributed by atoms with Crippen molar-refractivity contribution in [3.63, 3.8) is 0 Å². The lowest BCUT2D eigenvalue weighted by molar-refractivity contribution is -0.0783. The van der Waals surface area contributed by atoms with Crippen LogP contribution in [-0.2, 0) is 0 Å². The molecule has 2 N–H and O–H groups in total. The highest BCUT2D eigenvalue weighted by atomic mass is 35.5. The average Bonchev–Trinajstić information content (AvgIpc) is 2.32. The van der Waals surface area contributed by atoms with Gasteiger partial charge in [-0.15, -0.1) is 0 Å². The van der Waals surface area contributed by atoms with Crippen LogP contribution in [0.3, 0.4) is 0 Å². The van der Waals surface area contributed by atoms with Crippen LogP contribution in [-0.4, -0.2) is 41.6 Å². The van der Waals surface area contributed by atoms with Crippen LogP contribution >= 0.6 is 11.6 Å². The van der Waals surface area contributed by atoms with Gasteiger partial charge in [0.1, 0.15) is 5.82 Å². The number of benzene rings is 1. The number of likely N-dealkylation sites (tertiary alicyclic amines) is 1. The summed E-state index contributed by atoms with van der Waals surface area (Å²) in [6.07, 6.45) is 0.965. The molecule has 2 fully saturated rings. The fraction of sp³-hybridized carbons (Fsp3) is 0.467. The zero-order valence-electron chi connectivity index (χ0n) is 11.8. The van der Waals surface area contributed by atoms with Gasteiger partial charge in [0.05, 0.1) is 0 Å². The van der Waals surface area contributed by atoms with Crippen molar-refractivity contribution in [1.29, 1.82) is 0 Å². The van der Waals surface area contributed by atoms with Crippen molar-refractivity contribution in [2.24, 2.45) is 11.3 Å². The van der Waals surface area contributed by atoms with Crippen molar-refractivity contribution in [2.75, 3.05) is 19.6 Å². The Hall–Kier alpha value is -1.82. The van der Waals surface area contributed by atoms with E-state index in [-0.39, 0.29) is 21.9 Å². The van der Waals surface area contributed by atoms with Crippen molar-refractivity contribution >= 4 is 23.6 Å². The summed E-state index contributed by atoms with van der Waals surface area (Å²) >= 11 is 5.73. The molecular formula is C15H16ClFN2O3. The fourth-order valence-corrected chi connectivity index (χ4v) is 3.71. The van der Waals surface area contributed by atoms with Gasteiger partial charge in [-0.05, 0) is 37.0 Å². The molecule has 1 aromatic rings. The van der Waals surface area contributed by atoms with E-state index in [1.807, 2.05) is 0 Å². The first kappa shape index (κ1) is 15.1. The quantitative estimate of drug-likeness (QED) is 0.897. The fourth-order valence-electron chi connectivity index (χ4n) is 3.49. The molecule has 5 nitrogen and oxygen atoms in total. The molecule has 2 aliphatic rings. The molecule has 1 aliphatic carbocycles. The molecule has 0 aromatic heterocycles. The highest BCUT2D eigenvalue weighted by Crippen LogP contribution is 2.51. The van der Waals surface area contributed by atoms with E-state index in [0.29, 0.717) is 25.6 Å². The molecule has 1 saturated heterocycles. The van der Waals surface area contributed by atoms with Gasteiger partial charge in [-0.3, -0.25) is 4.79 Å².